The Morgan fingerprint density at radius 2 is 2.28 bits per heavy atom. The molecule has 3 aliphatic heterocycles. The minimum absolute atomic E-state index is 0.121. The fourth-order valence-electron chi connectivity index (χ4n) is 3.05. The number of fused-ring (bicyclic) bond motifs is 2. The Balaban J connectivity index is 1.52. The monoisotopic (exact) mass is 274 g/mol. The molecule has 0 saturated carbocycles. The molecule has 3 atom stereocenters. The van der Waals surface area contributed by atoms with Crippen molar-refractivity contribution in [2.24, 2.45) is 0 Å². The van der Waals surface area contributed by atoms with Gasteiger partial charge in [-0.1, -0.05) is 0 Å². The largest absolute Gasteiger partial charge is 0.376 e. The maximum absolute atomic E-state index is 12.0. The summed E-state index contributed by atoms with van der Waals surface area (Å²) in [6, 6.07) is -0.266. The van der Waals surface area contributed by atoms with E-state index in [1.807, 2.05) is 0 Å². The van der Waals surface area contributed by atoms with Crippen LogP contribution < -0.4 is 5.32 Å². The number of likely N-dealkylation sites (tertiary alicyclic amines) is 1. The van der Waals surface area contributed by atoms with E-state index in [0.29, 0.717) is 19.5 Å². The van der Waals surface area contributed by atoms with E-state index in [4.69, 9.17) is 4.74 Å². The first-order valence-electron chi connectivity index (χ1n) is 6.44. The van der Waals surface area contributed by atoms with Crippen LogP contribution in [0.1, 0.15) is 19.3 Å². The fraction of sp³-hybridized carbons (Fsp3) is 0.909. The number of nitrogens with one attached hydrogen (secondary N) is 1. The molecule has 0 spiro atoms. The predicted molar refractivity (Wildman–Crippen MR) is 65.1 cm³/mol. The molecule has 6 nitrogen and oxygen atoms in total. The highest BCUT2D eigenvalue weighted by atomic mass is 32.2. The Bertz CT molecular complexity index is 444. The summed E-state index contributed by atoms with van der Waals surface area (Å²) in [4.78, 5) is 13.6. The molecule has 18 heavy (non-hydrogen) atoms. The maximum Gasteiger partial charge on any atom is 0.317 e. The van der Waals surface area contributed by atoms with Crippen molar-refractivity contribution in [2.45, 2.75) is 36.7 Å². The molecule has 3 aliphatic rings. The van der Waals surface area contributed by atoms with Crippen LogP contribution in [0.25, 0.3) is 0 Å². The Labute approximate surface area is 107 Å². The lowest BCUT2D eigenvalue weighted by Crippen LogP contribution is -2.49. The van der Waals surface area contributed by atoms with E-state index in [1.54, 1.807) is 4.90 Å². The van der Waals surface area contributed by atoms with Crippen molar-refractivity contribution in [2.75, 3.05) is 25.4 Å². The minimum Gasteiger partial charge on any atom is -0.376 e. The molecular weight excluding hydrogens is 256 g/mol. The number of rotatable bonds is 2. The molecule has 1 N–H and O–H groups in total. The number of hydrogen-bond donors (Lipinski definition) is 1. The van der Waals surface area contributed by atoms with Gasteiger partial charge in [-0.05, 0) is 19.3 Å². The van der Waals surface area contributed by atoms with Crippen molar-refractivity contribution in [3.63, 3.8) is 0 Å². The average Bonchev–Trinajstić information content (AvgIpc) is 2.98. The summed E-state index contributed by atoms with van der Waals surface area (Å²) < 4.78 is 28.6. The SMILES string of the molecule is O=C(NC[C@H]1CCCO1)N1C[C@H]2C[C@H]1CS2(=O)=O. The van der Waals surface area contributed by atoms with Crippen LogP contribution in [-0.2, 0) is 14.6 Å². The number of carbonyl (C=O) groups is 1. The molecule has 3 rings (SSSR count). The second-order valence-corrected chi connectivity index (χ2v) is 7.64. The van der Waals surface area contributed by atoms with Gasteiger partial charge >= 0.3 is 6.03 Å². The van der Waals surface area contributed by atoms with Gasteiger partial charge in [-0.2, -0.15) is 0 Å². The van der Waals surface area contributed by atoms with Gasteiger partial charge in [0, 0.05) is 25.7 Å². The Hall–Kier alpha value is -0.820. The van der Waals surface area contributed by atoms with Crippen LogP contribution in [0.5, 0.6) is 0 Å². The van der Waals surface area contributed by atoms with E-state index in [9.17, 15) is 13.2 Å². The Morgan fingerprint density at radius 1 is 1.44 bits per heavy atom. The molecule has 7 heteroatoms. The minimum atomic E-state index is -2.93. The van der Waals surface area contributed by atoms with Crippen molar-refractivity contribution < 1.29 is 17.9 Å². The number of hydrogen-bond acceptors (Lipinski definition) is 4. The van der Waals surface area contributed by atoms with Gasteiger partial charge in [0.1, 0.15) is 0 Å². The number of nitrogens with zero attached hydrogens (tertiary/aromatic N) is 1. The summed E-state index contributed by atoms with van der Waals surface area (Å²) in [6.45, 7) is 1.65. The standard InChI is InChI=1S/C11H18N2O4S/c14-11(12-5-9-2-1-3-17-9)13-6-10-4-8(13)7-18(10,15)16/h8-10H,1-7H2,(H,12,14)/t8-,9+,10+/m0/s1. The lowest BCUT2D eigenvalue weighted by molar-refractivity contribution is 0.108. The molecule has 0 aromatic heterocycles. The molecule has 102 valence electrons. The zero-order valence-corrected chi connectivity index (χ0v) is 11.0. The van der Waals surface area contributed by atoms with Gasteiger partial charge in [0.05, 0.1) is 17.1 Å². The van der Waals surface area contributed by atoms with Gasteiger partial charge in [-0.15, -0.1) is 0 Å². The lowest BCUT2D eigenvalue weighted by Gasteiger charge is -2.27. The molecule has 0 radical (unpaired) electrons. The third-order valence-corrected chi connectivity index (χ3v) is 6.28. The van der Waals surface area contributed by atoms with E-state index in [0.717, 1.165) is 19.4 Å². The molecule has 0 aromatic rings. The molecule has 0 aromatic carbocycles. The van der Waals surface area contributed by atoms with Crippen molar-refractivity contribution in [1.82, 2.24) is 10.2 Å². The van der Waals surface area contributed by atoms with Gasteiger partial charge in [0.15, 0.2) is 9.84 Å². The Morgan fingerprint density at radius 3 is 2.83 bits per heavy atom. The summed E-state index contributed by atoms with van der Waals surface area (Å²) in [6.07, 6.45) is 2.77. The summed E-state index contributed by atoms with van der Waals surface area (Å²) in [5.74, 6) is 0.130. The summed E-state index contributed by atoms with van der Waals surface area (Å²) in [5.41, 5.74) is 0. The first-order chi connectivity index (χ1) is 8.56. The third-order valence-electron chi connectivity index (χ3n) is 4.07. The van der Waals surface area contributed by atoms with E-state index in [-0.39, 0.29) is 29.2 Å². The van der Waals surface area contributed by atoms with E-state index in [2.05, 4.69) is 5.32 Å². The Kier molecular flexibility index (Phi) is 2.97. The number of urea groups is 1. The number of sulfone groups is 1. The van der Waals surface area contributed by atoms with E-state index >= 15 is 0 Å². The molecule has 0 unspecified atom stereocenters. The predicted octanol–water partition coefficient (Wildman–Crippen LogP) is -0.254. The first-order valence-corrected chi connectivity index (χ1v) is 8.15. The molecule has 2 bridgehead atoms. The highest BCUT2D eigenvalue weighted by molar-refractivity contribution is 7.92. The zero-order chi connectivity index (χ0) is 12.8. The van der Waals surface area contributed by atoms with Gasteiger partial charge in [-0.3, -0.25) is 0 Å². The topological polar surface area (TPSA) is 75.7 Å². The highest BCUT2D eigenvalue weighted by Gasteiger charge is 2.50. The van der Waals surface area contributed by atoms with Crippen LogP contribution in [0.3, 0.4) is 0 Å². The summed E-state index contributed by atoms with van der Waals surface area (Å²) >= 11 is 0. The quantitative estimate of drug-likeness (QED) is 0.753. The second kappa shape index (κ2) is 4.38. The van der Waals surface area contributed by atoms with Gasteiger partial charge in [0.2, 0.25) is 0 Å². The molecule has 3 saturated heterocycles. The zero-order valence-electron chi connectivity index (χ0n) is 10.2. The first kappa shape index (κ1) is 12.2. The van der Waals surface area contributed by atoms with Crippen LogP contribution >= 0.6 is 0 Å². The van der Waals surface area contributed by atoms with Gasteiger partial charge < -0.3 is 15.0 Å². The molecule has 0 aliphatic carbocycles. The van der Waals surface area contributed by atoms with Crippen molar-refractivity contribution in [3.05, 3.63) is 0 Å². The van der Waals surface area contributed by atoms with Crippen molar-refractivity contribution in [1.29, 1.82) is 0 Å². The van der Waals surface area contributed by atoms with Crippen LogP contribution in [0.2, 0.25) is 0 Å². The summed E-state index contributed by atoms with van der Waals surface area (Å²) in [7, 11) is -2.93. The summed E-state index contributed by atoms with van der Waals surface area (Å²) in [5, 5.41) is 2.51. The maximum atomic E-state index is 12.0. The highest BCUT2D eigenvalue weighted by Crippen LogP contribution is 2.32. The van der Waals surface area contributed by atoms with E-state index < -0.39 is 9.84 Å². The van der Waals surface area contributed by atoms with E-state index in [1.165, 1.54) is 0 Å². The number of carbonyl (C=O) groups excluding carboxylic acids is 1. The average molecular weight is 274 g/mol. The smallest absolute Gasteiger partial charge is 0.317 e. The van der Waals surface area contributed by atoms with Crippen LogP contribution in [0.4, 0.5) is 4.79 Å². The van der Waals surface area contributed by atoms with Gasteiger partial charge in [0.25, 0.3) is 0 Å². The molecule has 3 heterocycles. The van der Waals surface area contributed by atoms with Crippen LogP contribution in [0.15, 0.2) is 0 Å². The van der Waals surface area contributed by atoms with Gasteiger partial charge in [-0.25, -0.2) is 13.2 Å². The fourth-order valence-corrected chi connectivity index (χ4v) is 5.08. The molecular formula is C11H18N2O4S. The van der Waals surface area contributed by atoms with Crippen LogP contribution in [0, 0.1) is 0 Å². The molecule has 3 fully saturated rings. The van der Waals surface area contributed by atoms with Crippen LogP contribution in [-0.4, -0.2) is 62.2 Å². The van der Waals surface area contributed by atoms with Crippen molar-refractivity contribution in [3.8, 4) is 0 Å². The lowest BCUT2D eigenvalue weighted by atomic mass is 10.2. The number of ether oxygens (including phenoxy) is 1. The number of amides is 2. The van der Waals surface area contributed by atoms with Crippen molar-refractivity contribution >= 4 is 15.9 Å². The second-order valence-electron chi connectivity index (χ2n) is 5.31. The molecule has 2 amide bonds. The normalized spacial score (nSPS) is 37.1. The third kappa shape index (κ3) is 2.09.